The van der Waals surface area contributed by atoms with Crippen molar-refractivity contribution in [1.29, 1.82) is 0 Å². The zero-order valence-corrected chi connectivity index (χ0v) is 12.7. The summed E-state index contributed by atoms with van der Waals surface area (Å²) >= 11 is 1.07. The van der Waals surface area contributed by atoms with Crippen molar-refractivity contribution in [3.05, 3.63) is 42.2 Å². The topological polar surface area (TPSA) is 104 Å². The largest absolute Gasteiger partial charge is 0.481 e. The lowest BCUT2D eigenvalue weighted by Crippen LogP contribution is -2.26. The number of pyridine rings is 1. The van der Waals surface area contributed by atoms with Crippen LogP contribution in [0, 0.1) is 0 Å². The van der Waals surface area contributed by atoms with Crippen molar-refractivity contribution in [2.45, 2.75) is 11.7 Å². The molecule has 1 atom stereocenters. The Morgan fingerprint density at radius 1 is 1.39 bits per heavy atom. The number of carbonyl (C=O) groups is 2. The maximum absolute atomic E-state index is 11.6. The third-order valence-electron chi connectivity index (χ3n) is 3.16. The molecule has 2 aromatic rings. The molecule has 1 saturated heterocycles. The number of benzene rings is 1. The van der Waals surface area contributed by atoms with Gasteiger partial charge in [0.05, 0.1) is 12.6 Å². The predicted octanol–water partition coefficient (Wildman–Crippen LogP) is 1.63. The molecule has 7 nitrogen and oxygen atoms in total. The molecule has 0 spiro atoms. The van der Waals surface area contributed by atoms with Crippen LogP contribution in [0.3, 0.4) is 0 Å². The first kappa shape index (κ1) is 15.2. The summed E-state index contributed by atoms with van der Waals surface area (Å²) in [5, 5.41) is 20.8. The number of carboxylic acids is 1. The van der Waals surface area contributed by atoms with Gasteiger partial charge in [-0.1, -0.05) is 23.9 Å². The summed E-state index contributed by atoms with van der Waals surface area (Å²) in [6, 6.07) is 7.71. The average Bonchev–Trinajstić information content (AvgIpc) is 2.86. The number of fused-ring (bicyclic) bond motifs is 1. The Morgan fingerprint density at radius 2 is 2.26 bits per heavy atom. The fraction of sp³-hybridized carbons (Fsp3) is 0.133. The number of rotatable bonds is 4. The van der Waals surface area contributed by atoms with Crippen molar-refractivity contribution in [3.8, 4) is 0 Å². The molecular weight excluding hydrogens is 316 g/mol. The number of hydrogen-bond acceptors (Lipinski definition) is 6. The molecule has 1 amide bonds. The maximum Gasteiger partial charge on any atom is 0.305 e. The van der Waals surface area contributed by atoms with E-state index in [1.807, 2.05) is 24.3 Å². The maximum atomic E-state index is 11.6. The fourth-order valence-corrected chi connectivity index (χ4v) is 2.99. The number of carbonyl (C=O) groups excluding carboxylic acids is 1. The van der Waals surface area contributed by atoms with E-state index in [1.165, 1.54) is 0 Å². The van der Waals surface area contributed by atoms with Crippen LogP contribution in [0.25, 0.3) is 10.8 Å². The molecule has 3 rings (SSSR count). The lowest BCUT2D eigenvalue weighted by molar-refractivity contribution is -0.138. The third kappa shape index (κ3) is 3.72. The minimum Gasteiger partial charge on any atom is -0.481 e. The van der Waals surface area contributed by atoms with Gasteiger partial charge in [0.25, 0.3) is 0 Å². The summed E-state index contributed by atoms with van der Waals surface area (Å²) < 4.78 is 0. The molecule has 1 aliphatic heterocycles. The molecule has 1 unspecified atom stereocenters. The Hall–Kier alpha value is -2.74. The second-order valence-corrected chi connectivity index (χ2v) is 6.02. The Balaban J connectivity index is 1.70. The van der Waals surface area contributed by atoms with Crippen LogP contribution >= 0.6 is 11.8 Å². The van der Waals surface area contributed by atoms with E-state index in [4.69, 9.17) is 5.11 Å². The van der Waals surface area contributed by atoms with E-state index < -0.39 is 11.2 Å². The van der Waals surface area contributed by atoms with E-state index in [-0.39, 0.29) is 12.3 Å². The SMILES string of the molecule is O=C(O)CC1SC(=NN=Cc2ccc3ccncc3c2)NC1=O. The first-order valence-electron chi connectivity index (χ1n) is 6.76. The molecule has 8 heteroatoms. The summed E-state index contributed by atoms with van der Waals surface area (Å²) in [5.41, 5.74) is 0.853. The van der Waals surface area contributed by atoms with E-state index >= 15 is 0 Å². The molecule has 1 aromatic carbocycles. The van der Waals surface area contributed by atoms with Crippen molar-refractivity contribution in [2.24, 2.45) is 10.2 Å². The van der Waals surface area contributed by atoms with Gasteiger partial charge in [-0.05, 0) is 23.1 Å². The number of nitrogens with one attached hydrogen (secondary N) is 1. The van der Waals surface area contributed by atoms with Crippen molar-refractivity contribution in [3.63, 3.8) is 0 Å². The summed E-state index contributed by atoms with van der Waals surface area (Å²) in [7, 11) is 0. The van der Waals surface area contributed by atoms with E-state index in [9.17, 15) is 9.59 Å². The molecule has 1 aromatic heterocycles. The van der Waals surface area contributed by atoms with Gasteiger partial charge in [0.2, 0.25) is 5.91 Å². The first-order chi connectivity index (χ1) is 11.1. The predicted molar refractivity (Wildman–Crippen MR) is 88.5 cm³/mol. The zero-order chi connectivity index (χ0) is 16.2. The first-order valence-corrected chi connectivity index (χ1v) is 7.64. The summed E-state index contributed by atoms with van der Waals surface area (Å²) in [4.78, 5) is 26.3. The highest BCUT2D eigenvalue weighted by molar-refractivity contribution is 8.15. The van der Waals surface area contributed by atoms with Gasteiger partial charge in [-0.2, -0.15) is 5.10 Å². The monoisotopic (exact) mass is 328 g/mol. The van der Waals surface area contributed by atoms with Gasteiger partial charge in [-0.25, -0.2) is 0 Å². The van der Waals surface area contributed by atoms with E-state index in [0.717, 1.165) is 28.1 Å². The van der Waals surface area contributed by atoms with Crippen LogP contribution in [0.4, 0.5) is 0 Å². The molecule has 116 valence electrons. The van der Waals surface area contributed by atoms with Crippen molar-refractivity contribution < 1.29 is 14.7 Å². The molecular formula is C15H12N4O3S. The van der Waals surface area contributed by atoms with Gasteiger partial charge in [0, 0.05) is 17.8 Å². The van der Waals surface area contributed by atoms with Crippen LogP contribution in [-0.2, 0) is 9.59 Å². The van der Waals surface area contributed by atoms with Crippen LogP contribution in [0.2, 0.25) is 0 Å². The number of hydrogen-bond donors (Lipinski definition) is 2. The molecule has 2 heterocycles. The zero-order valence-electron chi connectivity index (χ0n) is 11.8. The number of aliphatic carboxylic acids is 1. The Bertz CT molecular complexity index is 834. The normalized spacial score (nSPS) is 19.6. The van der Waals surface area contributed by atoms with Crippen molar-refractivity contribution >= 4 is 45.8 Å². The number of aromatic nitrogens is 1. The number of carboxylic acid groups (broad SMARTS) is 1. The molecule has 1 aliphatic rings. The van der Waals surface area contributed by atoms with E-state index in [2.05, 4.69) is 20.5 Å². The standard InChI is InChI=1S/C15H12N4O3S/c20-13(21)6-12-14(22)18-15(23-12)19-17-7-9-1-2-10-3-4-16-8-11(10)5-9/h1-5,7-8,12H,6H2,(H,20,21)(H,18,19,22). The van der Waals surface area contributed by atoms with Crippen LogP contribution in [0.5, 0.6) is 0 Å². The Morgan fingerprint density at radius 3 is 3.09 bits per heavy atom. The highest BCUT2D eigenvalue weighted by Gasteiger charge is 2.32. The summed E-state index contributed by atoms with van der Waals surface area (Å²) in [6.07, 6.45) is 4.82. The highest BCUT2D eigenvalue weighted by Crippen LogP contribution is 2.22. The number of amides is 1. The van der Waals surface area contributed by atoms with Crippen LogP contribution < -0.4 is 5.32 Å². The van der Waals surface area contributed by atoms with Gasteiger partial charge >= 0.3 is 5.97 Å². The van der Waals surface area contributed by atoms with Gasteiger partial charge in [-0.15, -0.1) is 5.10 Å². The van der Waals surface area contributed by atoms with Crippen molar-refractivity contribution in [1.82, 2.24) is 10.3 Å². The number of amidine groups is 1. The Labute approximate surface area is 135 Å². The minimum atomic E-state index is -1.02. The molecule has 2 N–H and O–H groups in total. The number of nitrogens with zero attached hydrogens (tertiary/aromatic N) is 3. The second kappa shape index (κ2) is 6.57. The highest BCUT2D eigenvalue weighted by atomic mass is 32.2. The van der Waals surface area contributed by atoms with Crippen LogP contribution in [0.1, 0.15) is 12.0 Å². The minimum absolute atomic E-state index is 0.239. The van der Waals surface area contributed by atoms with Gasteiger partial charge in [0.1, 0.15) is 5.25 Å². The van der Waals surface area contributed by atoms with Gasteiger partial charge in [-0.3, -0.25) is 14.6 Å². The molecule has 0 saturated carbocycles. The molecule has 0 aliphatic carbocycles. The quantitative estimate of drug-likeness (QED) is 0.656. The lowest BCUT2D eigenvalue weighted by atomic mass is 10.1. The van der Waals surface area contributed by atoms with Crippen molar-refractivity contribution in [2.75, 3.05) is 0 Å². The average molecular weight is 328 g/mol. The van der Waals surface area contributed by atoms with E-state index in [0.29, 0.717) is 5.17 Å². The molecule has 1 fully saturated rings. The van der Waals surface area contributed by atoms with Gasteiger partial charge in [0.15, 0.2) is 5.17 Å². The molecule has 23 heavy (non-hydrogen) atoms. The lowest BCUT2D eigenvalue weighted by Gasteiger charge is -1.98. The van der Waals surface area contributed by atoms with Gasteiger partial charge < -0.3 is 10.4 Å². The summed E-state index contributed by atoms with van der Waals surface area (Å²) in [5.74, 6) is -1.38. The fourth-order valence-electron chi connectivity index (χ4n) is 2.08. The smallest absolute Gasteiger partial charge is 0.305 e. The molecule has 0 bridgehead atoms. The van der Waals surface area contributed by atoms with Crippen LogP contribution in [0.15, 0.2) is 46.9 Å². The van der Waals surface area contributed by atoms with E-state index in [1.54, 1.807) is 18.6 Å². The summed E-state index contributed by atoms with van der Waals surface area (Å²) in [6.45, 7) is 0. The second-order valence-electron chi connectivity index (χ2n) is 4.83. The molecule has 0 radical (unpaired) electrons. The van der Waals surface area contributed by atoms with Crippen LogP contribution in [-0.4, -0.2) is 38.6 Å². The third-order valence-corrected chi connectivity index (χ3v) is 4.23. The number of thioether (sulfide) groups is 1. The Kier molecular flexibility index (Phi) is 4.33.